The molecule has 21 heavy (non-hydrogen) atoms. The van der Waals surface area contributed by atoms with E-state index >= 15 is 0 Å². The normalized spacial score (nSPS) is 13.4. The second kappa shape index (κ2) is 6.69. The molecule has 1 N–H and O–H groups in total. The smallest absolute Gasteiger partial charge is 0.289 e. The Balaban J connectivity index is 3.19. The second-order valence-electron chi connectivity index (χ2n) is 5.11. The summed E-state index contributed by atoms with van der Waals surface area (Å²) in [6.07, 6.45) is 0. The number of sulfonamides is 1. The van der Waals surface area contributed by atoms with E-state index in [1.165, 1.54) is 6.07 Å². The number of halogens is 1. The quantitative estimate of drug-likeness (QED) is 0.632. The van der Waals surface area contributed by atoms with Crippen LogP contribution in [0, 0.1) is 17.0 Å². The Morgan fingerprint density at radius 1 is 1.43 bits per heavy atom. The third-order valence-electron chi connectivity index (χ3n) is 2.73. The molecule has 0 heterocycles. The van der Waals surface area contributed by atoms with Gasteiger partial charge in [0, 0.05) is 18.7 Å². The van der Waals surface area contributed by atoms with Crippen molar-refractivity contribution in [2.24, 2.45) is 0 Å². The Bertz CT molecular complexity index is 646. The van der Waals surface area contributed by atoms with Crippen LogP contribution in [-0.4, -0.2) is 44.9 Å². The first-order valence-electron chi connectivity index (χ1n) is 6.16. The fourth-order valence-corrected chi connectivity index (χ4v) is 3.75. The maximum Gasteiger partial charge on any atom is 0.289 e. The number of rotatable bonds is 6. The van der Waals surface area contributed by atoms with E-state index in [1.807, 2.05) is 19.0 Å². The van der Waals surface area contributed by atoms with Gasteiger partial charge in [0.1, 0.15) is 5.02 Å². The maximum absolute atomic E-state index is 12.3. The number of nitro groups is 1. The molecule has 0 aliphatic carbocycles. The van der Waals surface area contributed by atoms with Crippen molar-refractivity contribution in [3.8, 4) is 0 Å². The van der Waals surface area contributed by atoms with Crippen molar-refractivity contribution < 1.29 is 13.3 Å². The number of hydrogen-bond donors (Lipinski definition) is 1. The Hall–Kier alpha value is -1.22. The van der Waals surface area contributed by atoms with E-state index in [0.717, 1.165) is 6.07 Å². The molecule has 1 aromatic carbocycles. The zero-order valence-electron chi connectivity index (χ0n) is 12.3. The minimum Gasteiger partial charge on any atom is -0.308 e. The van der Waals surface area contributed by atoms with E-state index < -0.39 is 20.6 Å². The average Bonchev–Trinajstić information content (AvgIpc) is 2.25. The van der Waals surface area contributed by atoms with Crippen molar-refractivity contribution >= 4 is 27.3 Å². The zero-order chi connectivity index (χ0) is 16.4. The first kappa shape index (κ1) is 17.8. The van der Waals surface area contributed by atoms with Crippen LogP contribution in [0.2, 0.25) is 5.02 Å². The van der Waals surface area contributed by atoms with Gasteiger partial charge in [-0.05, 0) is 39.6 Å². The average molecular weight is 336 g/mol. The second-order valence-corrected chi connectivity index (χ2v) is 7.20. The van der Waals surface area contributed by atoms with Crippen molar-refractivity contribution in [2.45, 2.75) is 24.8 Å². The molecule has 0 aliphatic rings. The Morgan fingerprint density at radius 2 is 2.00 bits per heavy atom. The summed E-state index contributed by atoms with van der Waals surface area (Å²) in [6, 6.07) is 1.94. The molecular weight excluding hydrogens is 318 g/mol. The van der Waals surface area contributed by atoms with Gasteiger partial charge in [0.2, 0.25) is 10.0 Å². The number of nitro benzene ring substituents is 1. The molecule has 0 amide bonds. The van der Waals surface area contributed by atoms with Crippen LogP contribution in [0.15, 0.2) is 17.0 Å². The fourth-order valence-electron chi connectivity index (χ4n) is 1.98. The monoisotopic (exact) mass is 335 g/mol. The maximum atomic E-state index is 12.3. The lowest BCUT2D eigenvalue weighted by Gasteiger charge is -2.19. The SMILES string of the molecule is Cc1cc(Cl)c([N+](=O)[O-])cc1S(=O)(=O)NC(C)CN(C)C. The van der Waals surface area contributed by atoms with Crippen molar-refractivity contribution in [1.82, 2.24) is 9.62 Å². The minimum atomic E-state index is -3.85. The fraction of sp³-hybridized carbons (Fsp3) is 0.500. The van der Waals surface area contributed by atoms with Gasteiger partial charge in [-0.15, -0.1) is 0 Å². The predicted molar refractivity (Wildman–Crippen MR) is 81.2 cm³/mol. The third kappa shape index (κ3) is 4.63. The van der Waals surface area contributed by atoms with Crippen LogP contribution < -0.4 is 4.72 Å². The molecule has 0 aliphatic heterocycles. The van der Waals surface area contributed by atoms with Gasteiger partial charge in [0.05, 0.1) is 9.82 Å². The minimum absolute atomic E-state index is 0.0854. The number of nitrogens with one attached hydrogen (secondary N) is 1. The van der Waals surface area contributed by atoms with Crippen LogP contribution in [0.4, 0.5) is 5.69 Å². The summed E-state index contributed by atoms with van der Waals surface area (Å²) < 4.78 is 27.2. The molecule has 0 saturated heterocycles. The van der Waals surface area contributed by atoms with Gasteiger partial charge < -0.3 is 4.90 Å². The number of aryl methyl sites for hydroxylation is 1. The van der Waals surface area contributed by atoms with Crippen LogP contribution in [-0.2, 0) is 10.0 Å². The number of hydrogen-bond acceptors (Lipinski definition) is 5. The number of nitrogens with zero attached hydrogens (tertiary/aromatic N) is 2. The zero-order valence-corrected chi connectivity index (χ0v) is 13.8. The summed E-state index contributed by atoms with van der Waals surface area (Å²) in [6.45, 7) is 3.77. The molecular formula is C12H18ClN3O4S. The first-order valence-corrected chi connectivity index (χ1v) is 8.02. The third-order valence-corrected chi connectivity index (χ3v) is 4.76. The van der Waals surface area contributed by atoms with Crippen LogP contribution in [0.25, 0.3) is 0 Å². The van der Waals surface area contributed by atoms with E-state index in [1.54, 1.807) is 13.8 Å². The van der Waals surface area contributed by atoms with Gasteiger partial charge >= 0.3 is 0 Å². The molecule has 0 radical (unpaired) electrons. The van der Waals surface area contributed by atoms with Gasteiger partial charge in [-0.25, -0.2) is 13.1 Å². The molecule has 0 aromatic heterocycles. The highest BCUT2D eigenvalue weighted by Gasteiger charge is 2.24. The van der Waals surface area contributed by atoms with Crippen molar-refractivity contribution in [1.29, 1.82) is 0 Å². The molecule has 0 bridgehead atoms. The summed E-state index contributed by atoms with van der Waals surface area (Å²) in [4.78, 5) is 11.9. The van der Waals surface area contributed by atoms with Gasteiger partial charge in [0.15, 0.2) is 0 Å². The number of benzene rings is 1. The van der Waals surface area contributed by atoms with Gasteiger partial charge in [0.25, 0.3) is 5.69 Å². The van der Waals surface area contributed by atoms with E-state index in [2.05, 4.69) is 4.72 Å². The van der Waals surface area contributed by atoms with E-state index in [4.69, 9.17) is 11.6 Å². The van der Waals surface area contributed by atoms with E-state index in [0.29, 0.717) is 12.1 Å². The van der Waals surface area contributed by atoms with Gasteiger partial charge in [-0.1, -0.05) is 11.6 Å². The van der Waals surface area contributed by atoms with Gasteiger partial charge in [-0.2, -0.15) is 0 Å². The molecule has 1 atom stereocenters. The lowest BCUT2D eigenvalue weighted by atomic mass is 10.2. The van der Waals surface area contributed by atoms with Crippen molar-refractivity contribution in [3.63, 3.8) is 0 Å². The summed E-state index contributed by atoms with van der Waals surface area (Å²) in [5, 5.41) is 10.8. The largest absolute Gasteiger partial charge is 0.308 e. The molecule has 0 spiro atoms. The van der Waals surface area contributed by atoms with Crippen LogP contribution >= 0.6 is 11.6 Å². The highest BCUT2D eigenvalue weighted by atomic mass is 35.5. The molecule has 1 aromatic rings. The summed E-state index contributed by atoms with van der Waals surface area (Å²) in [5.41, 5.74) is -0.0712. The summed E-state index contributed by atoms with van der Waals surface area (Å²) in [7, 11) is -0.203. The lowest BCUT2D eigenvalue weighted by Crippen LogP contribution is -2.39. The molecule has 0 fully saturated rings. The molecule has 7 nitrogen and oxygen atoms in total. The van der Waals surface area contributed by atoms with Crippen LogP contribution in [0.1, 0.15) is 12.5 Å². The standard InChI is InChI=1S/C12H18ClN3O4S/c1-8-5-10(13)11(16(17)18)6-12(8)21(19,20)14-9(2)7-15(3)4/h5-6,9,14H,7H2,1-4H3. The van der Waals surface area contributed by atoms with Crippen molar-refractivity contribution in [3.05, 3.63) is 32.8 Å². The summed E-state index contributed by atoms with van der Waals surface area (Å²) >= 11 is 5.76. The van der Waals surface area contributed by atoms with Gasteiger partial charge in [-0.3, -0.25) is 10.1 Å². The Labute approximate surface area is 129 Å². The van der Waals surface area contributed by atoms with Crippen LogP contribution in [0.5, 0.6) is 0 Å². The summed E-state index contributed by atoms with van der Waals surface area (Å²) in [5.74, 6) is 0. The Morgan fingerprint density at radius 3 is 2.48 bits per heavy atom. The topological polar surface area (TPSA) is 92.5 Å². The molecule has 1 unspecified atom stereocenters. The van der Waals surface area contributed by atoms with Crippen molar-refractivity contribution in [2.75, 3.05) is 20.6 Å². The Kier molecular flexibility index (Phi) is 5.68. The van der Waals surface area contributed by atoms with E-state index in [9.17, 15) is 18.5 Å². The lowest BCUT2D eigenvalue weighted by molar-refractivity contribution is -0.384. The molecule has 118 valence electrons. The molecule has 9 heteroatoms. The first-order chi connectivity index (χ1) is 9.54. The highest BCUT2D eigenvalue weighted by molar-refractivity contribution is 7.89. The number of likely N-dealkylation sites (N-methyl/N-ethyl adjacent to an activating group) is 1. The molecule has 1 rings (SSSR count). The van der Waals surface area contributed by atoms with Crippen LogP contribution in [0.3, 0.4) is 0 Å². The van der Waals surface area contributed by atoms with E-state index in [-0.39, 0.29) is 16.0 Å². The highest BCUT2D eigenvalue weighted by Crippen LogP contribution is 2.30. The molecule has 0 saturated carbocycles. The predicted octanol–water partition coefficient (Wildman–Crippen LogP) is 1.79.